The Morgan fingerprint density at radius 1 is 0.900 bits per heavy atom. The molecule has 1 heteroatoms. The Labute approximate surface area is 123 Å². The minimum absolute atomic E-state index is 0.0685. The SMILES string of the molecule is C[C@]12CCCCC1CC[C@@H]1[C@@H]2CC[C@]2(C)C(=O)CC[C@@H]12. The zero-order valence-electron chi connectivity index (χ0n) is 13.3. The first-order valence-electron chi connectivity index (χ1n) is 9.09. The van der Waals surface area contributed by atoms with E-state index in [1.165, 1.54) is 57.8 Å². The van der Waals surface area contributed by atoms with Gasteiger partial charge in [0, 0.05) is 11.8 Å². The van der Waals surface area contributed by atoms with Gasteiger partial charge in [0.05, 0.1) is 0 Å². The Morgan fingerprint density at radius 2 is 1.75 bits per heavy atom. The topological polar surface area (TPSA) is 17.1 Å². The van der Waals surface area contributed by atoms with Crippen molar-refractivity contribution in [2.75, 3.05) is 0 Å². The number of hydrogen-bond donors (Lipinski definition) is 0. The third kappa shape index (κ3) is 1.58. The van der Waals surface area contributed by atoms with Crippen LogP contribution in [0, 0.1) is 34.5 Å². The van der Waals surface area contributed by atoms with Crippen molar-refractivity contribution in [1.29, 1.82) is 0 Å². The van der Waals surface area contributed by atoms with Crippen molar-refractivity contribution in [3.63, 3.8) is 0 Å². The average Bonchev–Trinajstić information content (AvgIpc) is 2.74. The van der Waals surface area contributed by atoms with Crippen LogP contribution in [-0.4, -0.2) is 5.78 Å². The summed E-state index contributed by atoms with van der Waals surface area (Å²) in [6.45, 7) is 4.92. The fourth-order valence-corrected chi connectivity index (χ4v) is 7.07. The second kappa shape index (κ2) is 4.34. The lowest BCUT2D eigenvalue weighted by molar-refractivity contribution is -0.138. The highest BCUT2D eigenvalue weighted by molar-refractivity contribution is 5.87. The summed E-state index contributed by atoms with van der Waals surface area (Å²) in [4.78, 5) is 12.4. The van der Waals surface area contributed by atoms with Crippen LogP contribution in [0.25, 0.3) is 0 Å². The Hall–Kier alpha value is -0.330. The Kier molecular flexibility index (Phi) is 2.89. The van der Waals surface area contributed by atoms with Crippen LogP contribution in [-0.2, 0) is 4.79 Å². The van der Waals surface area contributed by atoms with Gasteiger partial charge in [0.1, 0.15) is 5.78 Å². The lowest BCUT2D eigenvalue weighted by Crippen LogP contribution is -2.52. The Balaban J connectivity index is 1.66. The molecule has 0 aromatic rings. The van der Waals surface area contributed by atoms with Gasteiger partial charge in [0.25, 0.3) is 0 Å². The van der Waals surface area contributed by atoms with Gasteiger partial charge in [0.2, 0.25) is 0 Å². The first-order valence-corrected chi connectivity index (χ1v) is 9.09. The average molecular weight is 274 g/mol. The summed E-state index contributed by atoms with van der Waals surface area (Å²) in [5, 5.41) is 0. The summed E-state index contributed by atoms with van der Waals surface area (Å²) in [5.41, 5.74) is 0.688. The predicted octanol–water partition coefficient (Wildman–Crippen LogP) is 4.99. The van der Waals surface area contributed by atoms with Crippen LogP contribution in [0.5, 0.6) is 0 Å². The fourth-order valence-electron chi connectivity index (χ4n) is 7.07. The van der Waals surface area contributed by atoms with Gasteiger partial charge in [-0.25, -0.2) is 0 Å². The molecule has 0 N–H and O–H groups in total. The van der Waals surface area contributed by atoms with E-state index < -0.39 is 0 Å². The highest BCUT2D eigenvalue weighted by Crippen LogP contribution is 2.65. The van der Waals surface area contributed by atoms with Crippen molar-refractivity contribution in [1.82, 2.24) is 0 Å². The first-order chi connectivity index (χ1) is 9.56. The van der Waals surface area contributed by atoms with Gasteiger partial charge in [-0.15, -0.1) is 0 Å². The van der Waals surface area contributed by atoms with Gasteiger partial charge < -0.3 is 0 Å². The lowest BCUT2D eigenvalue weighted by atomic mass is 9.45. The van der Waals surface area contributed by atoms with Crippen LogP contribution < -0.4 is 0 Å². The molecular weight excluding hydrogens is 244 g/mol. The van der Waals surface area contributed by atoms with Gasteiger partial charge in [-0.1, -0.05) is 26.7 Å². The zero-order chi connectivity index (χ0) is 14.0. The molecule has 4 fully saturated rings. The molecule has 0 amide bonds. The summed E-state index contributed by atoms with van der Waals surface area (Å²) in [7, 11) is 0. The highest BCUT2D eigenvalue weighted by Gasteiger charge is 2.59. The molecule has 6 atom stereocenters. The Bertz CT molecular complexity index is 427. The second-order valence-electron chi connectivity index (χ2n) is 8.82. The quantitative estimate of drug-likeness (QED) is 0.608. The van der Waals surface area contributed by atoms with Crippen LogP contribution in [0.4, 0.5) is 0 Å². The number of fused-ring (bicyclic) bond motifs is 5. The Morgan fingerprint density at radius 3 is 2.60 bits per heavy atom. The molecule has 0 saturated heterocycles. The molecule has 0 aromatic carbocycles. The van der Waals surface area contributed by atoms with Crippen molar-refractivity contribution in [3.8, 4) is 0 Å². The number of Topliss-reactive ketones (excluding diaryl/α,β-unsaturated/α-hetero) is 1. The van der Waals surface area contributed by atoms with Crippen LogP contribution >= 0.6 is 0 Å². The zero-order valence-corrected chi connectivity index (χ0v) is 13.3. The van der Waals surface area contributed by atoms with Gasteiger partial charge in [-0.3, -0.25) is 4.79 Å². The minimum Gasteiger partial charge on any atom is -0.299 e. The van der Waals surface area contributed by atoms with Crippen LogP contribution in [0.1, 0.15) is 78.1 Å². The van der Waals surface area contributed by atoms with E-state index in [2.05, 4.69) is 13.8 Å². The molecule has 0 aliphatic heterocycles. The molecule has 0 heterocycles. The highest BCUT2D eigenvalue weighted by atomic mass is 16.1. The smallest absolute Gasteiger partial charge is 0.139 e. The fraction of sp³-hybridized carbons (Fsp3) is 0.947. The number of ketones is 1. The molecule has 1 nitrogen and oxygen atoms in total. The third-order valence-corrected chi connectivity index (χ3v) is 8.29. The number of carbonyl (C=O) groups excluding carboxylic acids is 1. The van der Waals surface area contributed by atoms with Gasteiger partial charge >= 0.3 is 0 Å². The largest absolute Gasteiger partial charge is 0.299 e. The van der Waals surface area contributed by atoms with Crippen LogP contribution in [0.2, 0.25) is 0 Å². The molecule has 4 aliphatic carbocycles. The molecule has 1 unspecified atom stereocenters. The maximum atomic E-state index is 12.4. The summed E-state index contributed by atoms with van der Waals surface area (Å²) >= 11 is 0. The van der Waals surface area contributed by atoms with Crippen molar-refractivity contribution < 1.29 is 4.79 Å². The van der Waals surface area contributed by atoms with E-state index in [1.807, 2.05) is 0 Å². The molecule has 4 aliphatic rings. The standard InChI is InChI=1S/C19H30O/c1-18-11-4-3-5-13(18)6-7-14-15-8-9-17(20)19(15,2)12-10-16(14)18/h13-16H,3-12H2,1-2H3/t13?,14-,15-,16-,18-,19-/m0/s1. The normalized spacial score (nSPS) is 55.0. The molecule has 112 valence electrons. The first kappa shape index (κ1) is 13.3. The summed E-state index contributed by atoms with van der Waals surface area (Å²) < 4.78 is 0. The van der Waals surface area contributed by atoms with E-state index >= 15 is 0 Å². The monoisotopic (exact) mass is 274 g/mol. The molecule has 0 radical (unpaired) electrons. The summed E-state index contributed by atoms with van der Waals surface area (Å²) in [6, 6.07) is 0. The molecule has 0 aromatic heterocycles. The predicted molar refractivity (Wildman–Crippen MR) is 81.4 cm³/mol. The molecule has 4 rings (SSSR count). The van der Waals surface area contributed by atoms with Crippen LogP contribution in [0.3, 0.4) is 0 Å². The second-order valence-corrected chi connectivity index (χ2v) is 8.82. The van der Waals surface area contributed by atoms with E-state index in [0.717, 1.165) is 30.1 Å². The molecule has 0 bridgehead atoms. The number of hydrogen-bond acceptors (Lipinski definition) is 1. The van der Waals surface area contributed by atoms with Gasteiger partial charge in [-0.05, 0) is 74.0 Å². The maximum Gasteiger partial charge on any atom is 0.139 e. The van der Waals surface area contributed by atoms with Crippen molar-refractivity contribution in [2.24, 2.45) is 34.5 Å². The van der Waals surface area contributed by atoms with E-state index in [0.29, 0.717) is 11.2 Å². The number of rotatable bonds is 0. The third-order valence-electron chi connectivity index (χ3n) is 8.29. The summed E-state index contributed by atoms with van der Waals surface area (Å²) in [6.07, 6.45) is 13.4. The van der Waals surface area contributed by atoms with Gasteiger partial charge in [-0.2, -0.15) is 0 Å². The summed E-state index contributed by atoms with van der Waals surface area (Å²) in [5.74, 6) is 4.13. The molecule has 20 heavy (non-hydrogen) atoms. The van der Waals surface area contributed by atoms with Crippen molar-refractivity contribution in [2.45, 2.75) is 78.1 Å². The van der Waals surface area contributed by atoms with Crippen molar-refractivity contribution in [3.05, 3.63) is 0 Å². The molecule has 4 saturated carbocycles. The lowest BCUT2D eigenvalue weighted by Gasteiger charge is -2.59. The van der Waals surface area contributed by atoms with E-state index in [4.69, 9.17) is 0 Å². The van der Waals surface area contributed by atoms with Gasteiger partial charge in [0.15, 0.2) is 0 Å². The molecular formula is C19H30O. The van der Waals surface area contributed by atoms with Crippen LogP contribution in [0.15, 0.2) is 0 Å². The van der Waals surface area contributed by atoms with E-state index in [1.54, 1.807) is 0 Å². The number of carbonyl (C=O) groups is 1. The van der Waals surface area contributed by atoms with Crippen molar-refractivity contribution >= 4 is 5.78 Å². The minimum atomic E-state index is 0.0685. The van der Waals surface area contributed by atoms with E-state index in [-0.39, 0.29) is 5.41 Å². The maximum absolute atomic E-state index is 12.4. The van der Waals surface area contributed by atoms with E-state index in [9.17, 15) is 4.79 Å². The molecule has 0 spiro atoms.